The molecule has 0 saturated heterocycles. The molecule has 5 aromatic rings. The fourth-order valence-corrected chi connectivity index (χ4v) is 4.61. The van der Waals surface area contributed by atoms with Crippen molar-refractivity contribution < 1.29 is 28.1 Å². The highest BCUT2D eigenvalue weighted by atomic mass is 19.1. The van der Waals surface area contributed by atoms with Crippen molar-refractivity contribution in [3.05, 3.63) is 144 Å². The summed E-state index contributed by atoms with van der Waals surface area (Å²) in [4.78, 5) is 13.2. The minimum absolute atomic E-state index is 0.108. The summed E-state index contributed by atoms with van der Waals surface area (Å²) in [5.41, 5.74) is 5.45. The fourth-order valence-electron chi connectivity index (χ4n) is 4.61. The first-order chi connectivity index (χ1) is 21.6. The second-order valence-electron chi connectivity index (χ2n) is 10.3. The number of carbonyl (C=O) groups excluding carboxylic acids is 1. The molecule has 224 valence electrons. The van der Waals surface area contributed by atoms with E-state index in [-0.39, 0.29) is 19.0 Å². The van der Waals surface area contributed by atoms with E-state index in [4.69, 9.17) is 18.9 Å². The lowest BCUT2D eigenvalue weighted by atomic mass is 9.96. The first-order valence-corrected chi connectivity index (χ1v) is 14.7. The van der Waals surface area contributed by atoms with Crippen LogP contribution in [-0.2, 0) is 22.7 Å². The van der Waals surface area contributed by atoms with Crippen LogP contribution in [0, 0.1) is 5.82 Å². The van der Waals surface area contributed by atoms with Gasteiger partial charge in [0.1, 0.15) is 19.0 Å². The molecule has 6 heteroatoms. The van der Waals surface area contributed by atoms with E-state index in [2.05, 4.69) is 0 Å². The standard InChI is InChI=1S/C38H35FO5/c1-2-19-42-37-18-15-31(25-36(37)39)33-22-32(30-13-16-35(17-14-30)44-27-29-11-7-4-8-12-29)23-34(24-33)38(40)43-21-20-41-26-28-9-5-3-6-10-28/h3-18,22-25H,2,19-21,26-27H2,1H3. The van der Waals surface area contributed by atoms with Crippen LogP contribution in [0.15, 0.2) is 121 Å². The maximum Gasteiger partial charge on any atom is 0.338 e. The van der Waals surface area contributed by atoms with Gasteiger partial charge in [0.05, 0.1) is 25.4 Å². The first-order valence-electron chi connectivity index (χ1n) is 14.7. The monoisotopic (exact) mass is 590 g/mol. The van der Waals surface area contributed by atoms with E-state index < -0.39 is 11.8 Å². The highest BCUT2D eigenvalue weighted by molar-refractivity contribution is 5.93. The van der Waals surface area contributed by atoms with Crippen molar-refractivity contribution in [2.45, 2.75) is 26.6 Å². The molecule has 5 rings (SSSR count). The molecule has 0 radical (unpaired) electrons. The van der Waals surface area contributed by atoms with E-state index >= 15 is 0 Å². The van der Waals surface area contributed by atoms with Gasteiger partial charge in [0, 0.05) is 0 Å². The molecule has 44 heavy (non-hydrogen) atoms. The summed E-state index contributed by atoms with van der Waals surface area (Å²) in [5.74, 6) is -0.00910. The summed E-state index contributed by atoms with van der Waals surface area (Å²) in [7, 11) is 0. The average Bonchev–Trinajstić information content (AvgIpc) is 3.07. The third kappa shape index (κ3) is 8.55. The molecule has 0 aliphatic rings. The van der Waals surface area contributed by atoms with Gasteiger partial charge in [-0.2, -0.15) is 0 Å². The zero-order valence-corrected chi connectivity index (χ0v) is 24.7. The van der Waals surface area contributed by atoms with Crippen molar-refractivity contribution in [1.82, 2.24) is 0 Å². The lowest BCUT2D eigenvalue weighted by Gasteiger charge is -2.13. The number of rotatable bonds is 14. The number of halogens is 1. The summed E-state index contributed by atoms with van der Waals surface area (Å²) in [6, 6.07) is 37.7. The normalized spacial score (nSPS) is 10.8. The van der Waals surface area contributed by atoms with E-state index in [1.165, 1.54) is 6.07 Å². The van der Waals surface area contributed by atoms with Gasteiger partial charge in [0.15, 0.2) is 11.6 Å². The van der Waals surface area contributed by atoms with E-state index in [9.17, 15) is 9.18 Å². The lowest BCUT2D eigenvalue weighted by molar-refractivity contribution is 0.0288. The number of carbonyl (C=O) groups is 1. The highest BCUT2D eigenvalue weighted by Crippen LogP contribution is 2.32. The molecule has 0 heterocycles. The summed E-state index contributed by atoms with van der Waals surface area (Å²) in [5, 5.41) is 0. The smallest absolute Gasteiger partial charge is 0.338 e. The molecule has 5 aromatic carbocycles. The molecule has 0 aromatic heterocycles. The predicted molar refractivity (Wildman–Crippen MR) is 170 cm³/mol. The Labute approximate surface area is 257 Å². The van der Waals surface area contributed by atoms with Gasteiger partial charge in [-0.05, 0) is 82.3 Å². The van der Waals surface area contributed by atoms with Gasteiger partial charge in [-0.25, -0.2) is 9.18 Å². The molecule has 0 N–H and O–H groups in total. The molecule has 0 fully saturated rings. The summed E-state index contributed by atoms with van der Waals surface area (Å²) >= 11 is 0. The van der Waals surface area contributed by atoms with Crippen LogP contribution in [-0.4, -0.2) is 25.8 Å². The zero-order valence-electron chi connectivity index (χ0n) is 24.7. The van der Waals surface area contributed by atoms with Gasteiger partial charge in [0.2, 0.25) is 0 Å². The highest BCUT2D eigenvalue weighted by Gasteiger charge is 2.14. The minimum Gasteiger partial charge on any atom is -0.491 e. The van der Waals surface area contributed by atoms with E-state index in [0.717, 1.165) is 34.4 Å². The quantitative estimate of drug-likeness (QED) is 0.0955. The number of ether oxygens (including phenoxy) is 4. The number of benzene rings is 5. The number of esters is 1. The van der Waals surface area contributed by atoms with E-state index in [0.29, 0.717) is 36.5 Å². The Morgan fingerprint density at radius 1 is 0.614 bits per heavy atom. The van der Waals surface area contributed by atoms with Crippen LogP contribution in [0.3, 0.4) is 0 Å². The maximum absolute atomic E-state index is 14.9. The van der Waals surface area contributed by atoms with Crippen LogP contribution in [0.1, 0.15) is 34.8 Å². The molecular formula is C38H35FO5. The summed E-state index contributed by atoms with van der Waals surface area (Å²) in [6.07, 6.45) is 0.780. The third-order valence-electron chi connectivity index (χ3n) is 6.90. The Balaban J connectivity index is 1.33. The molecular weight excluding hydrogens is 555 g/mol. The molecule has 0 aliphatic carbocycles. The summed E-state index contributed by atoms with van der Waals surface area (Å²) in [6.45, 7) is 3.67. The molecule has 0 bridgehead atoms. The van der Waals surface area contributed by atoms with Crippen LogP contribution < -0.4 is 9.47 Å². The van der Waals surface area contributed by atoms with Crippen molar-refractivity contribution in [3.63, 3.8) is 0 Å². The topological polar surface area (TPSA) is 54.0 Å². The van der Waals surface area contributed by atoms with Gasteiger partial charge in [-0.1, -0.05) is 85.8 Å². The van der Waals surface area contributed by atoms with Crippen LogP contribution in [0.25, 0.3) is 22.3 Å². The lowest BCUT2D eigenvalue weighted by Crippen LogP contribution is -2.11. The predicted octanol–water partition coefficient (Wildman–Crippen LogP) is 8.90. The zero-order chi connectivity index (χ0) is 30.6. The van der Waals surface area contributed by atoms with Crippen molar-refractivity contribution in [1.29, 1.82) is 0 Å². The Hall–Kier alpha value is -4.94. The van der Waals surface area contributed by atoms with Crippen LogP contribution in [0.5, 0.6) is 11.5 Å². The number of hydrogen-bond acceptors (Lipinski definition) is 5. The van der Waals surface area contributed by atoms with Crippen molar-refractivity contribution >= 4 is 5.97 Å². The second kappa shape index (κ2) is 15.5. The van der Waals surface area contributed by atoms with Gasteiger partial charge >= 0.3 is 5.97 Å². The molecule has 0 spiro atoms. The minimum atomic E-state index is -0.484. The van der Waals surface area contributed by atoms with Crippen molar-refractivity contribution in [3.8, 4) is 33.8 Å². The van der Waals surface area contributed by atoms with Crippen LogP contribution >= 0.6 is 0 Å². The van der Waals surface area contributed by atoms with Crippen molar-refractivity contribution in [2.24, 2.45) is 0 Å². The third-order valence-corrected chi connectivity index (χ3v) is 6.90. The second-order valence-corrected chi connectivity index (χ2v) is 10.3. The largest absolute Gasteiger partial charge is 0.491 e. The van der Waals surface area contributed by atoms with E-state index in [1.54, 1.807) is 24.3 Å². The van der Waals surface area contributed by atoms with Gasteiger partial charge in [-0.3, -0.25) is 0 Å². The summed E-state index contributed by atoms with van der Waals surface area (Å²) < 4.78 is 37.6. The van der Waals surface area contributed by atoms with Gasteiger partial charge in [0.25, 0.3) is 0 Å². The molecule has 0 unspecified atom stereocenters. The Bertz CT molecular complexity index is 1640. The first kappa shape index (κ1) is 30.5. The van der Waals surface area contributed by atoms with E-state index in [1.807, 2.05) is 97.9 Å². The number of hydrogen-bond donors (Lipinski definition) is 0. The Kier molecular flexibility index (Phi) is 10.8. The molecule has 0 amide bonds. The fraction of sp³-hybridized carbons (Fsp3) is 0.184. The SMILES string of the molecule is CCCOc1ccc(-c2cc(C(=O)OCCOCc3ccccc3)cc(-c3ccc(OCc4ccccc4)cc3)c2)cc1F. The van der Waals surface area contributed by atoms with Crippen molar-refractivity contribution in [2.75, 3.05) is 19.8 Å². The average molecular weight is 591 g/mol. The molecule has 0 saturated carbocycles. The molecule has 5 nitrogen and oxygen atoms in total. The van der Waals surface area contributed by atoms with Gasteiger partial charge in [-0.15, -0.1) is 0 Å². The van der Waals surface area contributed by atoms with Gasteiger partial charge < -0.3 is 18.9 Å². The Morgan fingerprint density at radius 2 is 1.25 bits per heavy atom. The van der Waals surface area contributed by atoms with Crippen LogP contribution in [0.2, 0.25) is 0 Å². The molecule has 0 atom stereocenters. The maximum atomic E-state index is 14.9. The molecule has 0 aliphatic heterocycles. The van der Waals surface area contributed by atoms with Crippen LogP contribution in [0.4, 0.5) is 4.39 Å². The Morgan fingerprint density at radius 3 is 1.91 bits per heavy atom.